The molecule has 0 radical (unpaired) electrons. The van der Waals surface area contributed by atoms with Crippen molar-refractivity contribution in [1.29, 1.82) is 0 Å². The molecule has 2 saturated heterocycles. The fraction of sp³-hybridized carbons (Fsp3) is 0.588. The van der Waals surface area contributed by atoms with Crippen LogP contribution in [0.5, 0.6) is 5.75 Å². The molecule has 2 unspecified atom stereocenters. The summed E-state index contributed by atoms with van der Waals surface area (Å²) in [6.07, 6.45) is 5.03. The SMILES string of the molecule is Cc1ccc(OCCC(=O)NC2CC3CCC(C2)N3)c(Br)c1. The summed E-state index contributed by atoms with van der Waals surface area (Å²) in [5.74, 6) is 0.882. The highest BCUT2D eigenvalue weighted by atomic mass is 79.9. The first-order chi connectivity index (χ1) is 10.6. The predicted octanol–water partition coefficient (Wildman–Crippen LogP) is 2.93. The summed E-state index contributed by atoms with van der Waals surface area (Å²) in [5, 5.41) is 6.75. The van der Waals surface area contributed by atoms with E-state index in [1.54, 1.807) is 0 Å². The Morgan fingerprint density at radius 2 is 2.09 bits per heavy atom. The monoisotopic (exact) mass is 366 g/mol. The summed E-state index contributed by atoms with van der Waals surface area (Å²) in [5.41, 5.74) is 1.18. The van der Waals surface area contributed by atoms with E-state index < -0.39 is 0 Å². The lowest BCUT2D eigenvalue weighted by atomic mass is 10.00. The fourth-order valence-corrected chi connectivity index (χ4v) is 4.06. The highest BCUT2D eigenvalue weighted by molar-refractivity contribution is 9.10. The molecule has 1 amide bonds. The minimum absolute atomic E-state index is 0.0922. The van der Waals surface area contributed by atoms with Crippen molar-refractivity contribution in [3.8, 4) is 5.75 Å². The van der Waals surface area contributed by atoms with Crippen molar-refractivity contribution in [2.45, 2.75) is 57.2 Å². The maximum Gasteiger partial charge on any atom is 0.223 e. The number of halogens is 1. The van der Waals surface area contributed by atoms with Crippen molar-refractivity contribution in [2.75, 3.05) is 6.61 Å². The number of amides is 1. The second-order valence-corrected chi connectivity index (χ2v) is 7.26. The van der Waals surface area contributed by atoms with Gasteiger partial charge in [0.2, 0.25) is 5.91 Å². The van der Waals surface area contributed by atoms with E-state index in [-0.39, 0.29) is 5.91 Å². The standard InChI is InChI=1S/C17H23BrN2O2/c1-11-2-5-16(15(18)8-11)22-7-6-17(21)20-14-9-12-3-4-13(10-14)19-12/h2,5,8,12-14,19H,3-4,6-7,9-10H2,1H3,(H,20,21). The zero-order chi connectivity index (χ0) is 15.5. The average Bonchev–Trinajstić information content (AvgIpc) is 2.80. The first kappa shape index (κ1) is 15.8. The molecule has 2 atom stereocenters. The van der Waals surface area contributed by atoms with Crippen LogP contribution in [0.3, 0.4) is 0 Å². The molecule has 2 aliphatic rings. The minimum Gasteiger partial charge on any atom is -0.492 e. The van der Waals surface area contributed by atoms with Gasteiger partial charge in [0.15, 0.2) is 0 Å². The number of ether oxygens (including phenoxy) is 1. The van der Waals surface area contributed by atoms with E-state index in [2.05, 4.69) is 26.6 Å². The zero-order valence-electron chi connectivity index (χ0n) is 12.9. The highest BCUT2D eigenvalue weighted by Gasteiger charge is 2.33. The third kappa shape index (κ3) is 4.02. The lowest BCUT2D eigenvalue weighted by Gasteiger charge is -2.29. The molecule has 2 N–H and O–H groups in total. The van der Waals surface area contributed by atoms with E-state index in [0.717, 1.165) is 23.1 Å². The average molecular weight is 367 g/mol. The maximum atomic E-state index is 12.1. The molecule has 22 heavy (non-hydrogen) atoms. The second kappa shape index (κ2) is 7.01. The van der Waals surface area contributed by atoms with Crippen LogP contribution >= 0.6 is 15.9 Å². The molecule has 0 saturated carbocycles. The van der Waals surface area contributed by atoms with Crippen molar-refractivity contribution in [1.82, 2.24) is 10.6 Å². The number of hydrogen-bond donors (Lipinski definition) is 2. The normalized spacial score (nSPS) is 26.7. The van der Waals surface area contributed by atoms with Crippen LogP contribution in [-0.4, -0.2) is 30.6 Å². The van der Waals surface area contributed by atoms with E-state index in [1.807, 2.05) is 25.1 Å². The molecule has 4 nitrogen and oxygen atoms in total. The number of hydrogen-bond acceptors (Lipinski definition) is 3. The van der Waals surface area contributed by atoms with Gasteiger partial charge in [0.1, 0.15) is 5.75 Å². The fourth-order valence-electron chi connectivity index (χ4n) is 3.45. The van der Waals surface area contributed by atoms with Crippen LogP contribution in [0.25, 0.3) is 0 Å². The van der Waals surface area contributed by atoms with Gasteiger partial charge in [-0.1, -0.05) is 6.07 Å². The Bertz CT molecular complexity index is 537. The van der Waals surface area contributed by atoms with Crippen LogP contribution in [0.1, 0.15) is 37.7 Å². The lowest BCUT2D eigenvalue weighted by molar-refractivity contribution is -0.122. The zero-order valence-corrected chi connectivity index (χ0v) is 14.5. The van der Waals surface area contributed by atoms with Gasteiger partial charge >= 0.3 is 0 Å². The number of carbonyl (C=O) groups is 1. The Labute approximate surface area is 140 Å². The quantitative estimate of drug-likeness (QED) is 0.842. The molecule has 2 bridgehead atoms. The minimum atomic E-state index is 0.0922. The van der Waals surface area contributed by atoms with Gasteiger partial charge in [0.05, 0.1) is 17.5 Å². The highest BCUT2D eigenvalue weighted by Crippen LogP contribution is 2.27. The summed E-state index contributed by atoms with van der Waals surface area (Å²) in [6.45, 7) is 2.44. The number of piperidine rings is 1. The van der Waals surface area contributed by atoms with Crippen molar-refractivity contribution in [2.24, 2.45) is 0 Å². The lowest BCUT2D eigenvalue weighted by Crippen LogP contribution is -2.48. The molecule has 3 rings (SSSR count). The van der Waals surface area contributed by atoms with Gasteiger partial charge in [-0.3, -0.25) is 4.79 Å². The van der Waals surface area contributed by atoms with Gasteiger partial charge in [-0.25, -0.2) is 0 Å². The second-order valence-electron chi connectivity index (χ2n) is 6.41. The van der Waals surface area contributed by atoms with Crippen molar-refractivity contribution in [3.05, 3.63) is 28.2 Å². The van der Waals surface area contributed by atoms with Crippen LogP contribution in [0.4, 0.5) is 0 Å². The Balaban J connectivity index is 1.41. The molecule has 1 aromatic carbocycles. The molecule has 0 spiro atoms. The van der Waals surface area contributed by atoms with Gasteiger partial charge in [-0.05, 0) is 66.2 Å². The maximum absolute atomic E-state index is 12.1. The van der Waals surface area contributed by atoms with Gasteiger partial charge in [0, 0.05) is 18.1 Å². The Kier molecular flexibility index (Phi) is 5.03. The smallest absolute Gasteiger partial charge is 0.223 e. The van der Waals surface area contributed by atoms with E-state index in [1.165, 1.54) is 18.4 Å². The Hall–Kier alpha value is -1.07. The third-order valence-corrected chi connectivity index (χ3v) is 5.13. The van der Waals surface area contributed by atoms with Gasteiger partial charge in [-0.15, -0.1) is 0 Å². The molecule has 0 aromatic heterocycles. The van der Waals surface area contributed by atoms with Gasteiger partial charge < -0.3 is 15.4 Å². The number of carbonyl (C=O) groups excluding carboxylic acids is 1. The molecular weight excluding hydrogens is 344 g/mol. The van der Waals surface area contributed by atoms with Crippen molar-refractivity contribution >= 4 is 21.8 Å². The number of rotatable bonds is 5. The number of benzene rings is 1. The van der Waals surface area contributed by atoms with Crippen LogP contribution in [0.2, 0.25) is 0 Å². The molecule has 2 aliphatic heterocycles. The Morgan fingerprint density at radius 3 is 2.77 bits per heavy atom. The summed E-state index contributed by atoms with van der Waals surface area (Å²) < 4.78 is 6.62. The molecular formula is C17H23BrN2O2. The molecule has 1 aromatic rings. The first-order valence-electron chi connectivity index (χ1n) is 8.04. The Morgan fingerprint density at radius 1 is 1.36 bits per heavy atom. The van der Waals surface area contributed by atoms with Crippen LogP contribution in [0.15, 0.2) is 22.7 Å². The molecule has 2 heterocycles. The summed E-state index contributed by atoms with van der Waals surface area (Å²) in [6, 6.07) is 7.48. The third-order valence-electron chi connectivity index (χ3n) is 4.51. The van der Waals surface area contributed by atoms with E-state index in [4.69, 9.17) is 4.74 Å². The van der Waals surface area contributed by atoms with Crippen molar-refractivity contribution < 1.29 is 9.53 Å². The van der Waals surface area contributed by atoms with Crippen molar-refractivity contribution in [3.63, 3.8) is 0 Å². The number of fused-ring (bicyclic) bond motifs is 2. The van der Waals surface area contributed by atoms with E-state index in [0.29, 0.717) is 31.2 Å². The van der Waals surface area contributed by atoms with Crippen LogP contribution in [0, 0.1) is 6.92 Å². The van der Waals surface area contributed by atoms with E-state index in [9.17, 15) is 4.79 Å². The summed E-state index contributed by atoms with van der Waals surface area (Å²) >= 11 is 3.48. The molecule has 2 fully saturated rings. The topological polar surface area (TPSA) is 50.4 Å². The predicted molar refractivity (Wildman–Crippen MR) is 90.1 cm³/mol. The largest absolute Gasteiger partial charge is 0.492 e. The van der Waals surface area contributed by atoms with E-state index >= 15 is 0 Å². The summed E-state index contributed by atoms with van der Waals surface area (Å²) in [4.78, 5) is 12.1. The number of nitrogens with one attached hydrogen (secondary N) is 2. The molecule has 5 heteroatoms. The molecule has 0 aliphatic carbocycles. The number of aryl methyl sites for hydroxylation is 1. The van der Waals surface area contributed by atoms with Crippen LogP contribution < -0.4 is 15.4 Å². The van der Waals surface area contributed by atoms with Gasteiger partial charge in [-0.2, -0.15) is 0 Å². The summed E-state index contributed by atoms with van der Waals surface area (Å²) in [7, 11) is 0. The van der Waals surface area contributed by atoms with Gasteiger partial charge in [0.25, 0.3) is 0 Å². The first-order valence-corrected chi connectivity index (χ1v) is 8.84. The van der Waals surface area contributed by atoms with Crippen LogP contribution in [-0.2, 0) is 4.79 Å². The molecule has 120 valence electrons.